The van der Waals surface area contributed by atoms with Gasteiger partial charge in [-0.15, -0.1) is 0 Å². The lowest BCUT2D eigenvalue weighted by atomic mass is 10.0. The number of nitrogens with one attached hydrogen (secondary N) is 1. The van der Waals surface area contributed by atoms with Crippen LogP contribution in [0.25, 0.3) is 0 Å². The van der Waals surface area contributed by atoms with Crippen molar-refractivity contribution in [3.8, 4) is 0 Å². The lowest BCUT2D eigenvalue weighted by Gasteiger charge is -2.22. The highest BCUT2D eigenvalue weighted by Crippen LogP contribution is 2.23. The van der Waals surface area contributed by atoms with Crippen LogP contribution < -0.4 is 5.32 Å². The Morgan fingerprint density at radius 1 is 1.37 bits per heavy atom. The molecule has 4 heteroatoms. The van der Waals surface area contributed by atoms with Gasteiger partial charge in [0, 0.05) is 25.8 Å². The summed E-state index contributed by atoms with van der Waals surface area (Å²) in [5, 5.41) is 3.91. The van der Waals surface area contributed by atoms with Crippen LogP contribution in [0.4, 0.5) is 5.69 Å². The maximum atomic E-state index is 12.0. The van der Waals surface area contributed by atoms with Crippen molar-refractivity contribution in [1.82, 2.24) is 4.90 Å². The zero-order valence-corrected chi connectivity index (χ0v) is 13.1. The molecule has 0 aliphatic heterocycles. The van der Waals surface area contributed by atoms with E-state index in [4.69, 9.17) is 11.6 Å². The predicted octanol–water partition coefficient (Wildman–Crippen LogP) is 3.89. The number of amides is 1. The Hall–Kier alpha value is -1.22. The largest absolute Gasteiger partial charge is 0.382 e. The van der Waals surface area contributed by atoms with E-state index in [1.807, 2.05) is 12.1 Å². The lowest BCUT2D eigenvalue weighted by molar-refractivity contribution is 0.0828. The van der Waals surface area contributed by atoms with Crippen molar-refractivity contribution in [3.05, 3.63) is 28.8 Å². The average Bonchev–Trinajstić information content (AvgIpc) is 2.38. The molecule has 0 radical (unpaired) electrons. The van der Waals surface area contributed by atoms with Gasteiger partial charge in [0.1, 0.15) is 0 Å². The molecule has 0 saturated carbocycles. The van der Waals surface area contributed by atoms with Gasteiger partial charge >= 0.3 is 0 Å². The molecule has 1 amide bonds. The Kier molecular flexibility index (Phi) is 5.67. The smallest absolute Gasteiger partial charge is 0.254 e. The van der Waals surface area contributed by atoms with Gasteiger partial charge in [-0.3, -0.25) is 4.79 Å². The molecule has 0 spiro atoms. The van der Waals surface area contributed by atoms with E-state index in [1.165, 1.54) is 4.90 Å². The molecule has 0 aromatic heterocycles. The maximum absolute atomic E-state index is 12.0. The minimum absolute atomic E-state index is 0.0788. The van der Waals surface area contributed by atoms with Crippen LogP contribution in [0.3, 0.4) is 0 Å². The van der Waals surface area contributed by atoms with Gasteiger partial charge in [-0.1, -0.05) is 31.9 Å². The molecule has 0 aliphatic rings. The Morgan fingerprint density at radius 3 is 2.53 bits per heavy atom. The number of carbonyl (C=O) groups is 1. The first kappa shape index (κ1) is 15.8. The number of rotatable bonds is 5. The topological polar surface area (TPSA) is 32.3 Å². The van der Waals surface area contributed by atoms with Gasteiger partial charge in [0.2, 0.25) is 0 Å². The van der Waals surface area contributed by atoms with Gasteiger partial charge in [-0.2, -0.15) is 0 Å². The molecule has 0 saturated heterocycles. The summed E-state index contributed by atoms with van der Waals surface area (Å²) in [6, 6.07) is 5.86. The first-order chi connectivity index (χ1) is 8.86. The van der Waals surface area contributed by atoms with Crippen LogP contribution in [-0.4, -0.2) is 30.9 Å². The van der Waals surface area contributed by atoms with Crippen LogP contribution in [0, 0.1) is 5.92 Å². The standard InChI is InChI=1S/C15H23ClN2O/c1-6-10(2)11(3)17-12-7-8-14(16)13(9-12)15(19)18(4)5/h7-11,17H,6H2,1-5H3. The van der Waals surface area contributed by atoms with Gasteiger partial charge in [0.25, 0.3) is 5.91 Å². The quantitative estimate of drug-likeness (QED) is 0.889. The molecule has 0 aliphatic carbocycles. The SMILES string of the molecule is CCC(C)C(C)Nc1ccc(Cl)c(C(=O)N(C)C)c1. The molecule has 1 aromatic rings. The van der Waals surface area contributed by atoms with Crippen molar-refractivity contribution in [2.24, 2.45) is 5.92 Å². The number of halogens is 1. The van der Waals surface area contributed by atoms with E-state index in [-0.39, 0.29) is 5.91 Å². The van der Waals surface area contributed by atoms with Crippen LogP contribution in [0.15, 0.2) is 18.2 Å². The van der Waals surface area contributed by atoms with E-state index >= 15 is 0 Å². The fraction of sp³-hybridized carbons (Fsp3) is 0.533. The minimum atomic E-state index is -0.0788. The fourth-order valence-corrected chi connectivity index (χ4v) is 1.98. The van der Waals surface area contributed by atoms with Crippen LogP contribution in [0.1, 0.15) is 37.6 Å². The van der Waals surface area contributed by atoms with Crippen molar-refractivity contribution in [3.63, 3.8) is 0 Å². The summed E-state index contributed by atoms with van der Waals surface area (Å²) in [5.41, 5.74) is 1.47. The highest BCUT2D eigenvalue weighted by Gasteiger charge is 2.15. The second kappa shape index (κ2) is 6.80. The van der Waals surface area contributed by atoms with Crippen LogP contribution in [0.5, 0.6) is 0 Å². The van der Waals surface area contributed by atoms with Crippen LogP contribution >= 0.6 is 11.6 Å². The summed E-state index contributed by atoms with van der Waals surface area (Å²) in [6.07, 6.45) is 1.12. The second-order valence-electron chi connectivity index (χ2n) is 5.21. The zero-order chi connectivity index (χ0) is 14.6. The molecular weight excluding hydrogens is 260 g/mol. The van der Waals surface area contributed by atoms with Crippen LogP contribution in [0.2, 0.25) is 5.02 Å². The van der Waals surface area contributed by atoms with Crippen molar-refractivity contribution >= 4 is 23.2 Å². The first-order valence-electron chi connectivity index (χ1n) is 6.64. The van der Waals surface area contributed by atoms with Crippen LogP contribution in [-0.2, 0) is 0 Å². The number of hydrogen-bond acceptors (Lipinski definition) is 2. The van der Waals surface area contributed by atoms with Crippen molar-refractivity contribution in [2.45, 2.75) is 33.2 Å². The average molecular weight is 283 g/mol. The van der Waals surface area contributed by atoms with Gasteiger partial charge in [-0.05, 0) is 31.0 Å². The third-order valence-electron chi connectivity index (χ3n) is 3.49. The molecule has 106 valence electrons. The number of benzene rings is 1. The van der Waals surface area contributed by atoms with E-state index in [9.17, 15) is 4.79 Å². The van der Waals surface area contributed by atoms with Gasteiger partial charge in [0.15, 0.2) is 0 Å². The zero-order valence-electron chi connectivity index (χ0n) is 12.3. The molecular formula is C15H23ClN2O. The van der Waals surface area contributed by atoms with Crippen molar-refractivity contribution in [2.75, 3.05) is 19.4 Å². The maximum Gasteiger partial charge on any atom is 0.254 e. The molecule has 19 heavy (non-hydrogen) atoms. The fourth-order valence-electron chi connectivity index (χ4n) is 1.78. The Bertz CT molecular complexity index is 446. The van der Waals surface area contributed by atoms with Crippen molar-refractivity contribution < 1.29 is 4.79 Å². The normalized spacial score (nSPS) is 13.8. The Balaban J connectivity index is 2.93. The van der Waals surface area contributed by atoms with Gasteiger partial charge in [-0.25, -0.2) is 0 Å². The molecule has 1 N–H and O–H groups in total. The number of anilines is 1. The summed E-state index contributed by atoms with van der Waals surface area (Å²) in [6.45, 7) is 6.53. The monoisotopic (exact) mass is 282 g/mol. The van der Waals surface area contributed by atoms with Gasteiger partial charge in [0.05, 0.1) is 10.6 Å². The number of hydrogen-bond donors (Lipinski definition) is 1. The lowest BCUT2D eigenvalue weighted by Crippen LogP contribution is -2.24. The molecule has 2 unspecified atom stereocenters. The molecule has 3 nitrogen and oxygen atoms in total. The van der Waals surface area contributed by atoms with E-state index in [1.54, 1.807) is 20.2 Å². The van der Waals surface area contributed by atoms with E-state index in [2.05, 4.69) is 26.1 Å². The van der Waals surface area contributed by atoms with E-state index < -0.39 is 0 Å². The molecule has 0 fully saturated rings. The molecule has 2 atom stereocenters. The molecule has 1 aromatic carbocycles. The highest BCUT2D eigenvalue weighted by atomic mass is 35.5. The summed E-state index contributed by atoms with van der Waals surface area (Å²) in [5.74, 6) is 0.494. The summed E-state index contributed by atoms with van der Waals surface area (Å²) in [4.78, 5) is 13.5. The van der Waals surface area contributed by atoms with E-state index in [0.717, 1.165) is 12.1 Å². The summed E-state index contributed by atoms with van der Waals surface area (Å²) < 4.78 is 0. The third-order valence-corrected chi connectivity index (χ3v) is 3.82. The van der Waals surface area contributed by atoms with Gasteiger partial charge < -0.3 is 10.2 Å². The molecule has 0 heterocycles. The highest BCUT2D eigenvalue weighted by molar-refractivity contribution is 6.34. The summed E-state index contributed by atoms with van der Waals surface area (Å²) in [7, 11) is 3.45. The minimum Gasteiger partial charge on any atom is -0.382 e. The number of carbonyl (C=O) groups excluding carboxylic acids is 1. The number of nitrogens with zero attached hydrogens (tertiary/aromatic N) is 1. The van der Waals surface area contributed by atoms with E-state index in [0.29, 0.717) is 22.5 Å². The Morgan fingerprint density at radius 2 is 2.00 bits per heavy atom. The first-order valence-corrected chi connectivity index (χ1v) is 7.02. The predicted molar refractivity (Wildman–Crippen MR) is 82.0 cm³/mol. The second-order valence-corrected chi connectivity index (χ2v) is 5.62. The third kappa shape index (κ3) is 4.13. The van der Waals surface area contributed by atoms with Crippen molar-refractivity contribution in [1.29, 1.82) is 0 Å². The molecule has 1 rings (SSSR count). The Labute approximate surface area is 120 Å². The summed E-state index contributed by atoms with van der Waals surface area (Å²) >= 11 is 6.09. The molecule has 0 bridgehead atoms.